The van der Waals surface area contributed by atoms with Gasteiger partial charge in [0.2, 0.25) is 5.91 Å². The Morgan fingerprint density at radius 3 is 2.35 bits per heavy atom. The Balaban J connectivity index is 1.87. The number of rotatable bonds is 10. The Hall–Kier alpha value is -0.530. The van der Waals surface area contributed by atoms with Crippen LogP contribution >= 0.6 is 0 Å². The quantitative estimate of drug-likeness (QED) is 0.547. The summed E-state index contributed by atoms with van der Waals surface area (Å²) < 4.78 is 0. The van der Waals surface area contributed by atoms with E-state index in [4.69, 9.17) is 0 Å². The van der Waals surface area contributed by atoms with Crippen molar-refractivity contribution in [2.24, 2.45) is 5.92 Å². The maximum atomic E-state index is 11.5. The molecule has 1 rings (SSSR count). The number of carbonyl (C=O) groups is 1. The predicted molar refractivity (Wildman–Crippen MR) is 86.8 cm³/mol. The topological polar surface area (TPSA) is 29.1 Å². The van der Waals surface area contributed by atoms with E-state index in [0.717, 1.165) is 18.8 Å². The van der Waals surface area contributed by atoms with E-state index in [1.165, 1.54) is 70.6 Å². The SMILES string of the molecule is CC(C)CCCCCCCCCC1CCCCC(=O)N1. The van der Waals surface area contributed by atoms with Crippen molar-refractivity contribution < 1.29 is 4.79 Å². The van der Waals surface area contributed by atoms with Crippen LogP contribution in [0.2, 0.25) is 0 Å². The van der Waals surface area contributed by atoms with Crippen molar-refractivity contribution in [2.75, 3.05) is 0 Å². The molecule has 1 N–H and O–H groups in total. The lowest BCUT2D eigenvalue weighted by Crippen LogP contribution is -2.32. The highest BCUT2D eigenvalue weighted by Crippen LogP contribution is 2.16. The van der Waals surface area contributed by atoms with Crippen molar-refractivity contribution in [3.05, 3.63) is 0 Å². The van der Waals surface area contributed by atoms with Gasteiger partial charge in [-0.25, -0.2) is 0 Å². The highest BCUT2D eigenvalue weighted by Gasteiger charge is 2.15. The molecule has 1 heterocycles. The third kappa shape index (κ3) is 9.39. The number of nitrogens with one attached hydrogen (secondary N) is 1. The van der Waals surface area contributed by atoms with E-state index >= 15 is 0 Å². The van der Waals surface area contributed by atoms with Gasteiger partial charge in [0.05, 0.1) is 0 Å². The maximum Gasteiger partial charge on any atom is 0.220 e. The molecule has 0 aromatic heterocycles. The smallest absolute Gasteiger partial charge is 0.220 e. The molecule has 0 radical (unpaired) electrons. The molecule has 0 spiro atoms. The predicted octanol–water partition coefficient (Wildman–Crippen LogP) is 5.21. The zero-order valence-electron chi connectivity index (χ0n) is 13.8. The Labute approximate surface area is 126 Å². The van der Waals surface area contributed by atoms with Gasteiger partial charge in [-0.2, -0.15) is 0 Å². The largest absolute Gasteiger partial charge is 0.353 e. The van der Waals surface area contributed by atoms with E-state index in [1.807, 2.05) is 0 Å². The Morgan fingerprint density at radius 1 is 1.00 bits per heavy atom. The van der Waals surface area contributed by atoms with Crippen LogP contribution in [-0.4, -0.2) is 11.9 Å². The molecule has 0 bridgehead atoms. The zero-order chi connectivity index (χ0) is 14.6. The molecule has 1 saturated heterocycles. The van der Waals surface area contributed by atoms with Crippen molar-refractivity contribution in [1.82, 2.24) is 5.32 Å². The number of hydrogen-bond donors (Lipinski definition) is 1. The first-order valence-electron chi connectivity index (χ1n) is 8.98. The van der Waals surface area contributed by atoms with E-state index in [1.54, 1.807) is 0 Å². The monoisotopic (exact) mass is 281 g/mol. The number of carbonyl (C=O) groups excluding carboxylic acids is 1. The lowest BCUT2D eigenvalue weighted by molar-refractivity contribution is -0.121. The minimum absolute atomic E-state index is 0.276. The summed E-state index contributed by atoms with van der Waals surface area (Å²) in [6.07, 6.45) is 16.5. The molecule has 0 saturated carbocycles. The molecule has 20 heavy (non-hydrogen) atoms. The van der Waals surface area contributed by atoms with Gasteiger partial charge in [-0.05, 0) is 25.2 Å². The summed E-state index contributed by atoms with van der Waals surface area (Å²) in [5.41, 5.74) is 0. The summed E-state index contributed by atoms with van der Waals surface area (Å²) in [6.45, 7) is 4.62. The third-order valence-electron chi connectivity index (χ3n) is 4.41. The van der Waals surface area contributed by atoms with Crippen LogP contribution in [0.15, 0.2) is 0 Å². The molecular weight excluding hydrogens is 246 g/mol. The zero-order valence-corrected chi connectivity index (χ0v) is 13.8. The van der Waals surface area contributed by atoms with Gasteiger partial charge in [0.1, 0.15) is 0 Å². The molecule has 0 aromatic carbocycles. The fraction of sp³-hybridized carbons (Fsp3) is 0.944. The van der Waals surface area contributed by atoms with Gasteiger partial charge in [-0.1, -0.05) is 71.6 Å². The minimum atomic E-state index is 0.276. The van der Waals surface area contributed by atoms with E-state index in [2.05, 4.69) is 19.2 Å². The highest BCUT2D eigenvalue weighted by molar-refractivity contribution is 5.76. The fourth-order valence-electron chi connectivity index (χ4n) is 3.09. The second-order valence-corrected chi connectivity index (χ2v) is 6.96. The van der Waals surface area contributed by atoms with Crippen molar-refractivity contribution >= 4 is 5.91 Å². The van der Waals surface area contributed by atoms with Gasteiger partial charge >= 0.3 is 0 Å². The standard InChI is InChI=1S/C18H35NO/c1-16(2)12-8-6-4-3-5-7-9-13-17-14-10-11-15-18(20)19-17/h16-17H,3-15H2,1-2H3,(H,19,20). The molecule has 1 fully saturated rings. The summed E-state index contributed by atoms with van der Waals surface area (Å²) in [7, 11) is 0. The van der Waals surface area contributed by atoms with Crippen molar-refractivity contribution in [3.63, 3.8) is 0 Å². The Morgan fingerprint density at radius 2 is 1.65 bits per heavy atom. The van der Waals surface area contributed by atoms with Crippen LogP contribution in [0.25, 0.3) is 0 Å². The first kappa shape index (κ1) is 17.5. The molecule has 1 aliphatic heterocycles. The van der Waals surface area contributed by atoms with Crippen molar-refractivity contribution in [2.45, 2.75) is 103 Å². The number of hydrogen-bond acceptors (Lipinski definition) is 1. The molecule has 2 nitrogen and oxygen atoms in total. The van der Waals surface area contributed by atoms with E-state index in [0.29, 0.717) is 6.04 Å². The van der Waals surface area contributed by atoms with Crippen LogP contribution < -0.4 is 5.32 Å². The summed E-state index contributed by atoms with van der Waals surface area (Å²) in [6, 6.07) is 0.469. The molecule has 0 aromatic rings. The lowest BCUT2D eigenvalue weighted by Gasteiger charge is -2.15. The first-order chi connectivity index (χ1) is 9.68. The molecule has 1 unspecified atom stereocenters. The van der Waals surface area contributed by atoms with Gasteiger partial charge in [-0.15, -0.1) is 0 Å². The van der Waals surface area contributed by atoms with Crippen LogP contribution in [-0.2, 0) is 4.79 Å². The summed E-state index contributed by atoms with van der Waals surface area (Å²) in [5.74, 6) is 1.14. The molecule has 118 valence electrons. The lowest BCUT2D eigenvalue weighted by atomic mass is 10.0. The number of amides is 1. The Kier molecular flexibility index (Phi) is 9.78. The van der Waals surface area contributed by atoms with Gasteiger partial charge in [0.25, 0.3) is 0 Å². The summed E-state index contributed by atoms with van der Waals surface area (Å²) in [4.78, 5) is 11.5. The van der Waals surface area contributed by atoms with E-state index < -0.39 is 0 Å². The van der Waals surface area contributed by atoms with Gasteiger partial charge < -0.3 is 5.32 Å². The molecule has 2 heteroatoms. The molecular formula is C18H35NO. The van der Waals surface area contributed by atoms with Crippen LogP contribution in [0.3, 0.4) is 0 Å². The van der Waals surface area contributed by atoms with E-state index in [-0.39, 0.29) is 5.91 Å². The van der Waals surface area contributed by atoms with Crippen LogP contribution in [0, 0.1) is 5.92 Å². The second kappa shape index (κ2) is 11.2. The molecule has 1 atom stereocenters. The maximum absolute atomic E-state index is 11.5. The van der Waals surface area contributed by atoms with Gasteiger partial charge in [0, 0.05) is 12.5 Å². The summed E-state index contributed by atoms with van der Waals surface area (Å²) >= 11 is 0. The summed E-state index contributed by atoms with van der Waals surface area (Å²) in [5, 5.41) is 3.17. The fourth-order valence-corrected chi connectivity index (χ4v) is 3.09. The Bertz CT molecular complexity index is 250. The molecule has 1 aliphatic rings. The first-order valence-corrected chi connectivity index (χ1v) is 8.98. The van der Waals surface area contributed by atoms with Crippen LogP contribution in [0.4, 0.5) is 0 Å². The van der Waals surface area contributed by atoms with Crippen LogP contribution in [0.5, 0.6) is 0 Å². The van der Waals surface area contributed by atoms with Crippen molar-refractivity contribution in [1.29, 1.82) is 0 Å². The average molecular weight is 281 g/mol. The van der Waals surface area contributed by atoms with Crippen molar-refractivity contribution in [3.8, 4) is 0 Å². The van der Waals surface area contributed by atoms with Crippen LogP contribution in [0.1, 0.15) is 97.3 Å². The molecule has 0 aliphatic carbocycles. The minimum Gasteiger partial charge on any atom is -0.353 e. The van der Waals surface area contributed by atoms with E-state index in [9.17, 15) is 4.79 Å². The highest BCUT2D eigenvalue weighted by atomic mass is 16.1. The third-order valence-corrected chi connectivity index (χ3v) is 4.41. The molecule has 1 amide bonds. The van der Waals surface area contributed by atoms with Gasteiger partial charge in [0.15, 0.2) is 0 Å². The average Bonchev–Trinajstić information content (AvgIpc) is 2.61. The number of unbranched alkanes of at least 4 members (excludes halogenated alkanes) is 6. The van der Waals surface area contributed by atoms with Gasteiger partial charge in [-0.3, -0.25) is 4.79 Å². The second-order valence-electron chi connectivity index (χ2n) is 6.96. The normalized spacial score (nSPS) is 19.9.